The van der Waals surface area contributed by atoms with Crippen LogP contribution in [-0.2, 0) is 12.6 Å². The fraction of sp³-hybridized carbons (Fsp3) is 0.350. The number of ether oxygens (including phenoxy) is 1. The summed E-state index contributed by atoms with van der Waals surface area (Å²) in [4.78, 5) is 12.0. The molecule has 7 heteroatoms. The van der Waals surface area contributed by atoms with Crippen molar-refractivity contribution < 1.29 is 32.9 Å². The number of aliphatic hydroxyl groups is 2. The van der Waals surface area contributed by atoms with Gasteiger partial charge >= 0.3 is 6.18 Å². The van der Waals surface area contributed by atoms with Crippen molar-refractivity contribution in [3.63, 3.8) is 0 Å². The van der Waals surface area contributed by atoms with Crippen LogP contribution >= 0.6 is 0 Å². The van der Waals surface area contributed by atoms with Gasteiger partial charge in [0.25, 0.3) is 0 Å². The SMILES string of the molecule is O=C1CCc2cc(-c3cccc(C(F)(F)F)c3)c(OCCCC(O)O)cc21. The van der Waals surface area contributed by atoms with Gasteiger partial charge in [-0.25, -0.2) is 0 Å². The van der Waals surface area contributed by atoms with Crippen molar-refractivity contribution in [2.45, 2.75) is 38.1 Å². The lowest BCUT2D eigenvalue weighted by molar-refractivity contribution is -0.137. The number of carbonyl (C=O) groups excluding carboxylic acids is 1. The van der Waals surface area contributed by atoms with Crippen molar-refractivity contribution in [3.8, 4) is 16.9 Å². The van der Waals surface area contributed by atoms with E-state index in [9.17, 15) is 18.0 Å². The first-order chi connectivity index (χ1) is 12.8. The van der Waals surface area contributed by atoms with Gasteiger partial charge in [0, 0.05) is 24.0 Å². The molecule has 1 aliphatic rings. The first-order valence-corrected chi connectivity index (χ1v) is 8.62. The number of fused-ring (bicyclic) bond motifs is 1. The highest BCUT2D eigenvalue weighted by molar-refractivity contribution is 6.01. The van der Waals surface area contributed by atoms with Crippen molar-refractivity contribution in [1.82, 2.24) is 0 Å². The zero-order chi connectivity index (χ0) is 19.6. The Labute approximate surface area is 154 Å². The van der Waals surface area contributed by atoms with E-state index < -0.39 is 18.0 Å². The molecule has 4 nitrogen and oxygen atoms in total. The minimum atomic E-state index is -4.46. The fourth-order valence-corrected chi connectivity index (χ4v) is 3.13. The van der Waals surface area contributed by atoms with Crippen molar-refractivity contribution in [1.29, 1.82) is 0 Å². The van der Waals surface area contributed by atoms with Crippen LogP contribution in [0, 0.1) is 0 Å². The molecule has 2 N–H and O–H groups in total. The number of ketones is 1. The van der Waals surface area contributed by atoms with Crippen molar-refractivity contribution in [2.75, 3.05) is 6.61 Å². The van der Waals surface area contributed by atoms with Gasteiger partial charge < -0.3 is 14.9 Å². The topological polar surface area (TPSA) is 66.8 Å². The van der Waals surface area contributed by atoms with Crippen molar-refractivity contribution in [2.24, 2.45) is 0 Å². The highest BCUT2D eigenvalue weighted by atomic mass is 19.4. The minimum absolute atomic E-state index is 0.0174. The number of halogens is 3. The zero-order valence-electron chi connectivity index (χ0n) is 14.4. The third-order valence-corrected chi connectivity index (χ3v) is 4.49. The number of rotatable bonds is 6. The second-order valence-corrected chi connectivity index (χ2v) is 6.48. The Kier molecular flexibility index (Phi) is 5.53. The molecule has 27 heavy (non-hydrogen) atoms. The first-order valence-electron chi connectivity index (χ1n) is 8.62. The lowest BCUT2D eigenvalue weighted by Gasteiger charge is -2.15. The molecule has 0 heterocycles. The number of aryl methyl sites for hydroxylation is 1. The van der Waals surface area contributed by atoms with Crippen LogP contribution in [-0.4, -0.2) is 28.9 Å². The summed E-state index contributed by atoms with van der Waals surface area (Å²) < 4.78 is 44.9. The number of carbonyl (C=O) groups is 1. The lowest BCUT2D eigenvalue weighted by Crippen LogP contribution is -2.08. The molecular formula is C20H19F3O4. The van der Waals surface area contributed by atoms with Gasteiger partial charge in [0.05, 0.1) is 12.2 Å². The summed E-state index contributed by atoms with van der Waals surface area (Å²) in [6, 6.07) is 8.26. The van der Waals surface area contributed by atoms with Gasteiger partial charge in [-0.05, 0) is 48.2 Å². The van der Waals surface area contributed by atoms with E-state index in [4.69, 9.17) is 14.9 Å². The smallest absolute Gasteiger partial charge is 0.416 e. The molecule has 0 unspecified atom stereocenters. The summed E-state index contributed by atoms with van der Waals surface area (Å²) in [6.07, 6.45) is -4.51. The molecule has 2 aromatic rings. The van der Waals surface area contributed by atoms with Crippen LogP contribution in [0.1, 0.15) is 40.7 Å². The first kappa shape index (κ1) is 19.4. The average molecular weight is 380 g/mol. The Morgan fingerprint density at radius 2 is 1.85 bits per heavy atom. The maximum atomic E-state index is 13.1. The summed E-state index contributed by atoms with van der Waals surface area (Å²) in [6.45, 7) is 0.149. The molecule has 0 atom stereocenters. The molecule has 3 rings (SSSR count). The van der Waals surface area contributed by atoms with Crippen LogP contribution in [0.5, 0.6) is 5.75 Å². The van der Waals surface area contributed by atoms with Gasteiger partial charge in [0.15, 0.2) is 12.1 Å². The van der Waals surface area contributed by atoms with E-state index in [0.717, 1.165) is 17.7 Å². The summed E-state index contributed by atoms with van der Waals surface area (Å²) in [7, 11) is 0. The lowest BCUT2D eigenvalue weighted by atomic mass is 9.97. The van der Waals surface area contributed by atoms with Gasteiger partial charge in [0.1, 0.15) is 5.75 Å². The molecule has 0 amide bonds. The summed E-state index contributed by atoms with van der Waals surface area (Å²) in [5.74, 6) is 0.298. The number of benzene rings is 2. The van der Waals surface area contributed by atoms with Crippen LogP contribution in [0.4, 0.5) is 13.2 Å². The third kappa shape index (κ3) is 4.48. The molecule has 0 aliphatic heterocycles. The van der Waals surface area contributed by atoms with Crippen molar-refractivity contribution >= 4 is 5.78 Å². The van der Waals surface area contributed by atoms with E-state index in [1.807, 2.05) is 0 Å². The van der Waals surface area contributed by atoms with Gasteiger partial charge in [-0.2, -0.15) is 13.2 Å². The Balaban J connectivity index is 1.97. The molecular weight excluding hydrogens is 361 g/mol. The molecule has 0 aromatic heterocycles. The van der Waals surface area contributed by atoms with Gasteiger partial charge in [-0.1, -0.05) is 12.1 Å². The molecule has 144 valence electrons. The second kappa shape index (κ2) is 7.70. The predicted molar refractivity (Wildman–Crippen MR) is 92.5 cm³/mol. The molecule has 0 saturated carbocycles. The fourth-order valence-electron chi connectivity index (χ4n) is 3.13. The number of hydrogen-bond acceptors (Lipinski definition) is 4. The van der Waals surface area contributed by atoms with Crippen LogP contribution in [0.2, 0.25) is 0 Å². The number of alkyl halides is 3. The van der Waals surface area contributed by atoms with E-state index in [2.05, 4.69) is 0 Å². The standard InChI is InChI=1S/C20H19F3O4/c21-20(22,23)14-4-1-3-12(9-14)16-10-13-6-7-17(24)15(13)11-18(16)27-8-2-5-19(25)26/h1,3-4,9-11,19,25-26H,2,5-8H2. The molecule has 2 aromatic carbocycles. The molecule has 0 radical (unpaired) electrons. The predicted octanol–water partition coefficient (Wildman–Crippen LogP) is 3.97. The molecule has 0 saturated heterocycles. The largest absolute Gasteiger partial charge is 0.493 e. The minimum Gasteiger partial charge on any atom is -0.493 e. The zero-order valence-corrected chi connectivity index (χ0v) is 14.4. The van der Waals surface area contributed by atoms with Crippen LogP contribution in [0.15, 0.2) is 36.4 Å². The Bertz CT molecular complexity index is 844. The monoisotopic (exact) mass is 380 g/mol. The number of hydrogen-bond donors (Lipinski definition) is 2. The van der Waals surface area contributed by atoms with E-state index in [1.165, 1.54) is 6.07 Å². The molecule has 0 fully saturated rings. The Morgan fingerprint density at radius 3 is 2.56 bits per heavy atom. The van der Waals surface area contributed by atoms with E-state index in [0.29, 0.717) is 41.7 Å². The van der Waals surface area contributed by atoms with Gasteiger partial charge in [-0.3, -0.25) is 4.79 Å². The maximum absolute atomic E-state index is 13.1. The number of Topliss-reactive ketones (excluding diaryl/α,β-unsaturated/α-hetero) is 1. The normalized spacial score (nSPS) is 13.9. The molecule has 1 aliphatic carbocycles. The van der Waals surface area contributed by atoms with E-state index in [1.54, 1.807) is 18.2 Å². The molecule has 0 bridgehead atoms. The summed E-state index contributed by atoms with van der Waals surface area (Å²) >= 11 is 0. The van der Waals surface area contributed by atoms with Gasteiger partial charge in [0.2, 0.25) is 0 Å². The molecule has 0 spiro atoms. The third-order valence-electron chi connectivity index (χ3n) is 4.49. The Morgan fingerprint density at radius 1 is 1.07 bits per heavy atom. The van der Waals surface area contributed by atoms with Crippen LogP contribution < -0.4 is 4.74 Å². The van der Waals surface area contributed by atoms with Crippen LogP contribution in [0.25, 0.3) is 11.1 Å². The van der Waals surface area contributed by atoms with Gasteiger partial charge in [-0.15, -0.1) is 0 Å². The second-order valence-electron chi connectivity index (χ2n) is 6.48. The quantitative estimate of drug-likeness (QED) is 0.588. The van der Waals surface area contributed by atoms with E-state index in [-0.39, 0.29) is 18.8 Å². The maximum Gasteiger partial charge on any atom is 0.416 e. The van der Waals surface area contributed by atoms with E-state index >= 15 is 0 Å². The highest BCUT2D eigenvalue weighted by Gasteiger charge is 2.31. The summed E-state index contributed by atoms with van der Waals surface area (Å²) in [5, 5.41) is 17.8. The number of aliphatic hydroxyl groups excluding tert-OH is 1. The Hall–Kier alpha value is -2.38. The van der Waals surface area contributed by atoms with Crippen molar-refractivity contribution in [3.05, 3.63) is 53.1 Å². The summed E-state index contributed by atoms with van der Waals surface area (Å²) in [5.41, 5.74) is 1.41. The highest BCUT2D eigenvalue weighted by Crippen LogP contribution is 2.39. The average Bonchev–Trinajstić information content (AvgIpc) is 2.97. The van der Waals surface area contributed by atoms with Crippen LogP contribution in [0.3, 0.4) is 0 Å².